The Labute approximate surface area is 144 Å². The molecule has 0 radical (unpaired) electrons. The van der Waals surface area contributed by atoms with Gasteiger partial charge in [0.2, 0.25) is 0 Å². The molecule has 4 rings (SSSR count). The van der Waals surface area contributed by atoms with E-state index in [-0.39, 0.29) is 0 Å². The monoisotopic (exact) mass is 317 g/mol. The van der Waals surface area contributed by atoms with Crippen LogP contribution in [0.3, 0.4) is 0 Å². The second-order valence-electron chi connectivity index (χ2n) is 6.60. The molecule has 2 heterocycles. The minimum Gasteiger partial charge on any atom is -0.378 e. The lowest BCUT2D eigenvalue weighted by atomic mass is 9.87. The molecule has 2 nitrogen and oxygen atoms in total. The average Bonchev–Trinajstić information content (AvgIpc) is 2.62. The van der Waals surface area contributed by atoms with Gasteiger partial charge in [0.25, 0.3) is 0 Å². The Balaban J connectivity index is 1.63. The summed E-state index contributed by atoms with van der Waals surface area (Å²) in [7, 11) is 0. The summed E-state index contributed by atoms with van der Waals surface area (Å²) >= 11 is 0. The molecule has 0 aromatic heterocycles. The molecule has 1 fully saturated rings. The van der Waals surface area contributed by atoms with E-state index in [0.717, 1.165) is 26.2 Å². The Kier molecular flexibility index (Phi) is 4.33. The number of hydrogen-bond acceptors (Lipinski definition) is 2. The van der Waals surface area contributed by atoms with Crippen LogP contribution in [-0.4, -0.2) is 30.2 Å². The van der Waals surface area contributed by atoms with Gasteiger partial charge in [-0.2, -0.15) is 0 Å². The molecule has 122 valence electrons. The highest BCUT2D eigenvalue weighted by Crippen LogP contribution is 2.35. The summed E-state index contributed by atoms with van der Waals surface area (Å²) in [4.78, 5) is 2.60. The van der Waals surface area contributed by atoms with Crippen molar-refractivity contribution < 1.29 is 4.74 Å². The highest BCUT2D eigenvalue weighted by Gasteiger charge is 2.35. The predicted octanol–water partition coefficient (Wildman–Crippen LogP) is 4.39. The summed E-state index contributed by atoms with van der Waals surface area (Å²) in [5.41, 5.74) is 5.36. The van der Waals surface area contributed by atoms with Gasteiger partial charge in [0.05, 0.1) is 19.3 Å². The van der Waals surface area contributed by atoms with Crippen LogP contribution < -0.4 is 0 Å². The molecule has 2 unspecified atom stereocenters. The number of fused-ring (bicyclic) bond motifs is 2. The summed E-state index contributed by atoms with van der Waals surface area (Å²) in [6.45, 7) is 6.56. The van der Waals surface area contributed by atoms with Crippen LogP contribution in [0.25, 0.3) is 11.6 Å². The van der Waals surface area contributed by atoms with E-state index < -0.39 is 0 Å². The number of nitrogens with zero attached hydrogens (tertiary/aromatic N) is 1. The van der Waals surface area contributed by atoms with Crippen LogP contribution in [-0.2, 0) is 11.3 Å². The standard InChI is InChI=1S/C22H23NO/c1-2-18-10-6-7-11-22(18)19-12-20-15-24-16-21(13-19)23(20)14-17-8-4-3-5-9-17/h2-12,20-21H,1,13-16H2. The number of morpholine rings is 1. The lowest BCUT2D eigenvalue weighted by molar-refractivity contribution is -0.0402. The van der Waals surface area contributed by atoms with Crippen LogP contribution in [0.5, 0.6) is 0 Å². The van der Waals surface area contributed by atoms with Gasteiger partial charge in [-0.25, -0.2) is 0 Å². The summed E-state index contributed by atoms with van der Waals surface area (Å²) in [5, 5.41) is 0. The van der Waals surface area contributed by atoms with E-state index in [9.17, 15) is 0 Å². The zero-order valence-electron chi connectivity index (χ0n) is 13.9. The third-order valence-electron chi connectivity index (χ3n) is 5.08. The molecule has 2 aliphatic heterocycles. The van der Waals surface area contributed by atoms with Gasteiger partial charge in [-0.3, -0.25) is 4.90 Å². The van der Waals surface area contributed by atoms with Crippen molar-refractivity contribution in [1.82, 2.24) is 4.90 Å². The maximum absolute atomic E-state index is 5.84. The lowest BCUT2D eigenvalue weighted by Crippen LogP contribution is -2.53. The molecular weight excluding hydrogens is 294 g/mol. The molecule has 2 aliphatic rings. The van der Waals surface area contributed by atoms with Crippen LogP contribution in [0.1, 0.15) is 23.1 Å². The summed E-state index contributed by atoms with van der Waals surface area (Å²) in [5.74, 6) is 0. The van der Waals surface area contributed by atoms with Gasteiger partial charge in [0.15, 0.2) is 0 Å². The van der Waals surface area contributed by atoms with Gasteiger partial charge in [-0.15, -0.1) is 0 Å². The van der Waals surface area contributed by atoms with Gasteiger partial charge >= 0.3 is 0 Å². The zero-order chi connectivity index (χ0) is 16.4. The van der Waals surface area contributed by atoms with Crippen molar-refractivity contribution in [3.8, 4) is 0 Å². The number of hydrogen-bond donors (Lipinski definition) is 0. The molecule has 2 aromatic carbocycles. The van der Waals surface area contributed by atoms with Gasteiger partial charge < -0.3 is 4.74 Å². The van der Waals surface area contributed by atoms with E-state index in [1.165, 1.54) is 22.3 Å². The summed E-state index contributed by atoms with van der Waals surface area (Å²) in [6.07, 6.45) is 5.40. The minimum atomic E-state index is 0.352. The first kappa shape index (κ1) is 15.4. The van der Waals surface area contributed by atoms with E-state index in [2.05, 4.69) is 72.2 Å². The molecule has 0 spiro atoms. The highest BCUT2D eigenvalue weighted by atomic mass is 16.5. The maximum Gasteiger partial charge on any atom is 0.0658 e. The predicted molar refractivity (Wildman–Crippen MR) is 99.5 cm³/mol. The molecule has 2 aromatic rings. The molecule has 0 saturated carbocycles. The van der Waals surface area contributed by atoms with Crippen molar-refractivity contribution in [2.45, 2.75) is 25.0 Å². The number of benzene rings is 2. The van der Waals surface area contributed by atoms with Crippen LogP contribution in [0, 0.1) is 0 Å². The molecule has 0 N–H and O–H groups in total. The van der Waals surface area contributed by atoms with Crippen molar-refractivity contribution >= 4 is 11.6 Å². The third kappa shape index (κ3) is 2.95. The second-order valence-corrected chi connectivity index (χ2v) is 6.60. The Hall–Kier alpha value is -2.16. The Morgan fingerprint density at radius 2 is 1.83 bits per heavy atom. The van der Waals surface area contributed by atoms with Crippen LogP contribution in [0.2, 0.25) is 0 Å². The SMILES string of the molecule is C=Cc1ccccc1C1=CC2COCC(C1)N2Cc1ccccc1. The van der Waals surface area contributed by atoms with Gasteiger partial charge in [-0.05, 0) is 28.7 Å². The molecule has 0 aliphatic carbocycles. The lowest BCUT2D eigenvalue weighted by Gasteiger charge is -2.45. The molecule has 0 amide bonds. The van der Waals surface area contributed by atoms with Crippen LogP contribution in [0.15, 0.2) is 67.3 Å². The topological polar surface area (TPSA) is 12.5 Å². The molecule has 2 atom stereocenters. The first-order valence-electron chi connectivity index (χ1n) is 8.65. The minimum absolute atomic E-state index is 0.352. The van der Waals surface area contributed by atoms with Gasteiger partial charge in [-0.1, -0.05) is 73.3 Å². The molecule has 2 bridgehead atoms. The first-order chi connectivity index (χ1) is 11.8. The quantitative estimate of drug-likeness (QED) is 0.829. The molecule has 1 saturated heterocycles. The molecular formula is C22H23NO. The van der Waals surface area contributed by atoms with Crippen LogP contribution in [0.4, 0.5) is 0 Å². The van der Waals surface area contributed by atoms with E-state index in [1.54, 1.807) is 0 Å². The molecule has 24 heavy (non-hydrogen) atoms. The van der Waals surface area contributed by atoms with E-state index >= 15 is 0 Å². The van der Waals surface area contributed by atoms with Gasteiger partial charge in [0, 0.05) is 12.6 Å². The summed E-state index contributed by atoms with van der Waals surface area (Å²) < 4.78 is 5.84. The fraction of sp³-hybridized carbons (Fsp3) is 0.273. The van der Waals surface area contributed by atoms with Crippen molar-refractivity contribution in [1.29, 1.82) is 0 Å². The van der Waals surface area contributed by atoms with Crippen molar-refractivity contribution in [2.75, 3.05) is 13.2 Å². The Morgan fingerprint density at radius 3 is 2.62 bits per heavy atom. The smallest absolute Gasteiger partial charge is 0.0658 e. The fourth-order valence-electron chi connectivity index (χ4n) is 3.87. The Morgan fingerprint density at radius 1 is 1.04 bits per heavy atom. The van der Waals surface area contributed by atoms with Crippen LogP contribution >= 0.6 is 0 Å². The van der Waals surface area contributed by atoms with E-state index in [4.69, 9.17) is 4.74 Å². The van der Waals surface area contributed by atoms with Crippen molar-refractivity contribution in [3.63, 3.8) is 0 Å². The maximum atomic E-state index is 5.84. The van der Waals surface area contributed by atoms with E-state index in [0.29, 0.717) is 12.1 Å². The largest absolute Gasteiger partial charge is 0.378 e. The highest BCUT2D eigenvalue weighted by molar-refractivity contribution is 5.75. The average molecular weight is 317 g/mol. The van der Waals surface area contributed by atoms with E-state index in [1.807, 2.05) is 6.08 Å². The zero-order valence-corrected chi connectivity index (χ0v) is 13.9. The number of ether oxygens (including phenoxy) is 1. The fourth-order valence-corrected chi connectivity index (χ4v) is 3.87. The number of rotatable bonds is 4. The second kappa shape index (κ2) is 6.76. The first-order valence-corrected chi connectivity index (χ1v) is 8.65. The summed E-state index contributed by atoms with van der Waals surface area (Å²) in [6, 6.07) is 20.1. The third-order valence-corrected chi connectivity index (χ3v) is 5.08. The van der Waals surface area contributed by atoms with Gasteiger partial charge in [0.1, 0.15) is 0 Å². The normalized spacial score (nSPS) is 23.6. The molecule has 2 heteroatoms. The Bertz CT molecular complexity index is 750. The van der Waals surface area contributed by atoms with Crippen molar-refractivity contribution in [2.24, 2.45) is 0 Å². The van der Waals surface area contributed by atoms with Crippen molar-refractivity contribution in [3.05, 3.63) is 83.9 Å².